The predicted octanol–water partition coefficient (Wildman–Crippen LogP) is 3.03. The molecule has 2 nitrogen and oxygen atoms in total. The first-order chi connectivity index (χ1) is 6.47. The monoisotopic (exact) mass is 192 g/mol. The number of aryl methyl sites for hydroxylation is 1. The van der Waals surface area contributed by atoms with Crippen LogP contribution in [0.3, 0.4) is 0 Å². The third kappa shape index (κ3) is 4.26. The van der Waals surface area contributed by atoms with Crippen LogP contribution in [-0.4, -0.2) is 4.98 Å². The second kappa shape index (κ2) is 4.45. The molecule has 14 heavy (non-hydrogen) atoms. The van der Waals surface area contributed by atoms with E-state index in [-0.39, 0.29) is 0 Å². The molecule has 1 aromatic rings. The van der Waals surface area contributed by atoms with Gasteiger partial charge in [0.05, 0.1) is 0 Å². The summed E-state index contributed by atoms with van der Waals surface area (Å²) in [5, 5.41) is 0. The lowest BCUT2D eigenvalue weighted by Gasteiger charge is -2.17. The van der Waals surface area contributed by atoms with Crippen LogP contribution < -0.4 is 5.73 Å². The molecule has 0 bridgehead atoms. The number of pyridine rings is 1. The second-order valence-electron chi connectivity index (χ2n) is 5.00. The molecule has 0 fully saturated rings. The SMILES string of the molecule is CC(C)(C)CCCc1ccnc(N)c1. The molecule has 0 aliphatic rings. The van der Waals surface area contributed by atoms with Crippen LogP contribution in [0.25, 0.3) is 0 Å². The molecule has 78 valence electrons. The summed E-state index contributed by atoms with van der Waals surface area (Å²) in [6.45, 7) is 6.82. The Hall–Kier alpha value is -1.05. The van der Waals surface area contributed by atoms with Crippen LogP contribution in [0.4, 0.5) is 5.82 Å². The van der Waals surface area contributed by atoms with Gasteiger partial charge in [-0.1, -0.05) is 20.8 Å². The number of hydrogen-bond acceptors (Lipinski definition) is 2. The van der Waals surface area contributed by atoms with Crippen molar-refractivity contribution >= 4 is 5.82 Å². The van der Waals surface area contributed by atoms with Crippen LogP contribution in [0.2, 0.25) is 0 Å². The van der Waals surface area contributed by atoms with Crippen LogP contribution in [0.15, 0.2) is 18.3 Å². The van der Waals surface area contributed by atoms with Crippen molar-refractivity contribution in [1.29, 1.82) is 0 Å². The van der Waals surface area contributed by atoms with Gasteiger partial charge in [-0.25, -0.2) is 4.98 Å². The molecule has 0 radical (unpaired) electrons. The highest BCUT2D eigenvalue weighted by atomic mass is 14.8. The summed E-state index contributed by atoms with van der Waals surface area (Å²) in [6.07, 6.45) is 5.34. The van der Waals surface area contributed by atoms with Gasteiger partial charge in [0, 0.05) is 6.20 Å². The summed E-state index contributed by atoms with van der Waals surface area (Å²) in [6, 6.07) is 4.00. The molecule has 0 aliphatic carbocycles. The molecule has 0 aliphatic heterocycles. The smallest absolute Gasteiger partial charge is 0.123 e. The Labute approximate surface area is 86.5 Å². The number of nitrogens with two attached hydrogens (primary N) is 1. The van der Waals surface area contributed by atoms with Gasteiger partial charge in [-0.3, -0.25) is 0 Å². The molecular weight excluding hydrogens is 172 g/mol. The molecule has 0 unspecified atom stereocenters. The van der Waals surface area contributed by atoms with Crippen molar-refractivity contribution in [3.8, 4) is 0 Å². The highest BCUT2D eigenvalue weighted by Crippen LogP contribution is 2.21. The predicted molar refractivity (Wildman–Crippen MR) is 61.0 cm³/mol. The summed E-state index contributed by atoms with van der Waals surface area (Å²) in [4.78, 5) is 3.97. The molecule has 1 aromatic heterocycles. The van der Waals surface area contributed by atoms with Crippen molar-refractivity contribution in [2.75, 3.05) is 5.73 Å². The number of nitrogens with zero attached hydrogens (tertiary/aromatic N) is 1. The van der Waals surface area contributed by atoms with E-state index in [1.165, 1.54) is 18.4 Å². The Morgan fingerprint density at radius 1 is 1.36 bits per heavy atom. The zero-order valence-electron chi connectivity index (χ0n) is 9.38. The number of aromatic nitrogens is 1. The number of rotatable bonds is 3. The minimum absolute atomic E-state index is 0.429. The Balaban J connectivity index is 2.39. The van der Waals surface area contributed by atoms with Crippen molar-refractivity contribution in [2.45, 2.75) is 40.0 Å². The normalized spacial score (nSPS) is 11.6. The molecule has 1 rings (SSSR count). The van der Waals surface area contributed by atoms with E-state index in [1.807, 2.05) is 12.1 Å². The molecule has 0 saturated heterocycles. The standard InChI is InChI=1S/C12H20N2/c1-12(2,3)7-4-5-10-6-8-14-11(13)9-10/h6,8-9H,4-5,7H2,1-3H3,(H2,13,14). The van der Waals surface area contributed by atoms with Crippen molar-refractivity contribution in [3.05, 3.63) is 23.9 Å². The number of hydrogen-bond donors (Lipinski definition) is 1. The van der Waals surface area contributed by atoms with E-state index in [0.29, 0.717) is 11.2 Å². The van der Waals surface area contributed by atoms with E-state index in [1.54, 1.807) is 6.20 Å². The van der Waals surface area contributed by atoms with Crippen LogP contribution >= 0.6 is 0 Å². The quantitative estimate of drug-likeness (QED) is 0.799. The minimum atomic E-state index is 0.429. The fourth-order valence-electron chi connectivity index (χ4n) is 1.47. The van der Waals surface area contributed by atoms with Crippen LogP contribution in [0.5, 0.6) is 0 Å². The maximum atomic E-state index is 5.61. The summed E-state index contributed by atoms with van der Waals surface area (Å²) >= 11 is 0. The largest absolute Gasteiger partial charge is 0.384 e. The van der Waals surface area contributed by atoms with Gasteiger partial charge < -0.3 is 5.73 Å². The number of anilines is 1. The van der Waals surface area contributed by atoms with Gasteiger partial charge in [-0.15, -0.1) is 0 Å². The van der Waals surface area contributed by atoms with Gasteiger partial charge in [0.2, 0.25) is 0 Å². The maximum Gasteiger partial charge on any atom is 0.123 e. The molecule has 0 spiro atoms. The lowest BCUT2D eigenvalue weighted by molar-refractivity contribution is 0.365. The van der Waals surface area contributed by atoms with Gasteiger partial charge in [0.1, 0.15) is 5.82 Å². The zero-order chi connectivity index (χ0) is 10.6. The Bertz CT molecular complexity index is 287. The summed E-state index contributed by atoms with van der Waals surface area (Å²) < 4.78 is 0. The third-order valence-electron chi connectivity index (χ3n) is 2.24. The van der Waals surface area contributed by atoms with Gasteiger partial charge in [0.15, 0.2) is 0 Å². The fraction of sp³-hybridized carbons (Fsp3) is 0.583. The molecule has 0 aromatic carbocycles. The molecule has 2 heteroatoms. The minimum Gasteiger partial charge on any atom is -0.384 e. The van der Waals surface area contributed by atoms with Crippen LogP contribution in [0, 0.1) is 5.41 Å². The van der Waals surface area contributed by atoms with E-state index < -0.39 is 0 Å². The average molecular weight is 192 g/mol. The molecular formula is C12H20N2. The Kier molecular flexibility index (Phi) is 3.50. The first-order valence-electron chi connectivity index (χ1n) is 5.18. The average Bonchev–Trinajstić information content (AvgIpc) is 2.01. The van der Waals surface area contributed by atoms with Crippen LogP contribution in [-0.2, 0) is 6.42 Å². The van der Waals surface area contributed by atoms with Gasteiger partial charge in [-0.2, -0.15) is 0 Å². The van der Waals surface area contributed by atoms with Crippen molar-refractivity contribution < 1.29 is 0 Å². The van der Waals surface area contributed by atoms with E-state index in [0.717, 1.165) is 6.42 Å². The van der Waals surface area contributed by atoms with E-state index in [2.05, 4.69) is 25.8 Å². The van der Waals surface area contributed by atoms with Crippen LogP contribution in [0.1, 0.15) is 39.2 Å². The van der Waals surface area contributed by atoms with Crippen molar-refractivity contribution in [3.63, 3.8) is 0 Å². The maximum absolute atomic E-state index is 5.61. The Morgan fingerprint density at radius 2 is 2.07 bits per heavy atom. The van der Waals surface area contributed by atoms with Crippen molar-refractivity contribution in [1.82, 2.24) is 4.98 Å². The fourth-order valence-corrected chi connectivity index (χ4v) is 1.47. The molecule has 0 amide bonds. The topological polar surface area (TPSA) is 38.9 Å². The first-order valence-corrected chi connectivity index (χ1v) is 5.18. The van der Waals surface area contributed by atoms with Gasteiger partial charge in [0.25, 0.3) is 0 Å². The van der Waals surface area contributed by atoms with E-state index >= 15 is 0 Å². The Morgan fingerprint density at radius 3 is 2.64 bits per heavy atom. The zero-order valence-corrected chi connectivity index (χ0v) is 9.38. The number of nitrogen functional groups attached to an aromatic ring is 1. The lowest BCUT2D eigenvalue weighted by atomic mass is 9.89. The van der Waals surface area contributed by atoms with Gasteiger partial charge >= 0.3 is 0 Å². The highest BCUT2D eigenvalue weighted by Gasteiger charge is 2.09. The highest BCUT2D eigenvalue weighted by molar-refractivity contribution is 5.31. The summed E-state index contributed by atoms with van der Waals surface area (Å²) in [5.74, 6) is 0.623. The van der Waals surface area contributed by atoms with Gasteiger partial charge in [-0.05, 0) is 42.4 Å². The lowest BCUT2D eigenvalue weighted by Crippen LogP contribution is -2.05. The molecule has 0 saturated carbocycles. The summed E-state index contributed by atoms with van der Waals surface area (Å²) in [7, 11) is 0. The summed E-state index contributed by atoms with van der Waals surface area (Å²) in [5.41, 5.74) is 7.33. The van der Waals surface area contributed by atoms with E-state index in [9.17, 15) is 0 Å². The second-order valence-corrected chi connectivity index (χ2v) is 5.00. The molecule has 1 heterocycles. The third-order valence-corrected chi connectivity index (χ3v) is 2.24. The van der Waals surface area contributed by atoms with E-state index in [4.69, 9.17) is 5.73 Å². The van der Waals surface area contributed by atoms with Crippen molar-refractivity contribution in [2.24, 2.45) is 5.41 Å². The first kappa shape index (κ1) is 11.0. The molecule has 2 N–H and O–H groups in total. The molecule has 0 atom stereocenters.